The van der Waals surface area contributed by atoms with E-state index >= 15 is 0 Å². The van der Waals surface area contributed by atoms with E-state index in [1.807, 2.05) is 6.07 Å². The van der Waals surface area contributed by atoms with Crippen molar-refractivity contribution in [1.29, 1.82) is 0 Å². The number of furan rings is 1. The highest BCUT2D eigenvalue weighted by atomic mass is 16.3. The third-order valence-electron chi connectivity index (χ3n) is 3.53. The Balaban J connectivity index is 1.58. The van der Waals surface area contributed by atoms with Crippen molar-refractivity contribution < 1.29 is 4.42 Å². The van der Waals surface area contributed by atoms with E-state index in [1.165, 1.54) is 25.8 Å². The molecule has 0 spiro atoms. The minimum absolute atomic E-state index is 0.559. The van der Waals surface area contributed by atoms with Crippen LogP contribution >= 0.6 is 0 Å². The van der Waals surface area contributed by atoms with Crippen molar-refractivity contribution in [3.05, 3.63) is 24.2 Å². The lowest BCUT2D eigenvalue weighted by molar-refractivity contribution is 0.362. The summed E-state index contributed by atoms with van der Waals surface area (Å²) in [6.45, 7) is 4.54. The molecule has 0 amide bonds. The molecule has 2 atom stereocenters. The first kappa shape index (κ1) is 12.7. The van der Waals surface area contributed by atoms with Crippen molar-refractivity contribution in [2.75, 3.05) is 13.1 Å². The van der Waals surface area contributed by atoms with E-state index in [-0.39, 0.29) is 0 Å². The second-order valence-corrected chi connectivity index (χ2v) is 5.07. The maximum atomic E-state index is 5.34. The summed E-state index contributed by atoms with van der Waals surface area (Å²) in [5.74, 6) is 1.09. The Morgan fingerprint density at radius 1 is 1.53 bits per heavy atom. The van der Waals surface area contributed by atoms with Crippen LogP contribution in [-0.2, 0) is 6.42 Å². The Morgan fingerprint density at radius 2 is 2.47 bits per heavy atom. The van der Waals surface area contributed by atoms with Crippen LogP contribution in [0.2, 0.25) is 0 Å². The normalized spacial score (nSPS) is 22.5. The lowest BCUT2D eigenvalue weighted by Gasteiger charge is -2.25. The van der Waals surface area contributed by atoms with Crippen molar-refractivity contribution in [3.63, 3.8) is 0 Å². The highest BCUT2D eigenvalue weighted by Gasteiger charge is 2.13. The minimum Gasteiger partial charge on any atom is -0.469 e. The summed E-state index contributed by atoms with van der Waals surface area (Å²) in [5.41, 5.74) is 0. The molecule has 0 aromatic carbocycles. The average Bonchev–Trinajstić information content (AvgIpc) is 2.88. The third-order valence-corrected chi connectivity index (χ3v) is 3.53. The van der Waals surface area contributed by atoms with Crippen LogP contribution in [-0.4, -0.2) is 25.2 Å². The Morgan fingerprint density at radius 3 is 3.18 bits per heavy atom. The third kappa shape index (κ3) is 4.52. The highest BCUT2D eigenvalue weighted by molar-refractivity contribution is 4.98. The van der Waals surface area contributed by atoms with Gasteiger partial charge in [0.2, 0.25) is 0 Å². The van der Waals surface area contributed by atoms with Crippen LogP contribution in [0.3, 0.4) is 0 Å². The van der Waals surface area contributed by atoms with Crippen molar-refractivity contribution in [1.82, 2.24) is 10.6 Å². The van der Waals surface area contributed by atoms with Crippen LogP contribution in [0.5, 0.6) is 0 Å². The zero-order valence-electron chi connectivity index (χ0n) is 10.7. The van der Waals surface area contributed by atoms with Gasteiger partial charge < -0.3 is 15.1 Å². The van der Waals surface area contributed by atoms with Crippen LogP contribution in [0.1, 0.15) is 38.4 Å². The van der Waals surface area contributed by atoms with Crippen molar-refractivity contribution in [2.45, 2.75) is 51.1 Å². The molecule has 0 bridgehead atoms. The van der Waals surface area contributed by atoms with E-state index < -0.39 is 0 Å². The number of piperidine rings is 1. The second kappa shape index (κ2) is 6.82. The summed E-state index contributed by atoms with van der Waals surface area (Å²) in [6, 6.07) is 5.24. The fourth-order valence-corrected chi connectivity index (χ4v) is 2.36. The quantitative estimate of drug-likeness (QED) is 0.796. The summed E-state index contributed by atoms with van der Waals surface area (Å²) in [5, 5.41) is 7.17. The van der Waals surface area contributed by atoms with Gasteiger partial charge in [0.15, 0.2) is 0 Å². The smallest absolute Gasteiger partial charge is 0.103 e. The van der Waals surface area contributed by atoms with Gasteiger partial charge in [0.05, 0.1) is 6.26 Å². The van der Waals surface area contributed by atoms with E-state index in [2.05, 4.69) is 23.6 Å². The van der Waals surface area contributed by atoms with Crippen molar-refractivity contribution in [2.24, 2.45) is 0 Å². The van der Waals surface area contributed by atoms with Gasteiger partial charge in [-0.05, 0) is 44.9 Å². The standard InChI is InChI=1S/C14H24N2O/c1-12(7-8-14-6-4-10-17-14)16-11-13-5-2-3-9-15-13/h4,6,10,12-13,15-16H,2-3,5,7-9,11H2,1H3. The van der Waals surface area contributed by atoms with E-state index in [0.29, 0.717) is 12.1 Å². The fourth-order valence-electron chi connectivity index (χ4n) is 2.36. The van der Waals surface area contributed by atoms with E-state index in [9.17, 15) is 0 Å². The number of nitrogens with one attached hydrogen (secondary N) is 2. The number of hydrogen-bond acceptors (Lipinski definition) is 3. The zero-order valence-corrected chi connectivity index (χ0v) is 10.7. The van der Waals surface area contributed by atoms with E-state index in [4.69, 9.17) is 4.42 Å². The number of aryl methyl sites for hydroxylation is 1. The first-order chi connectivity index (χ1) is 8.34. The lowest BCUT2D eigenvalue weighted by atomic mass is 10.0. The molecule has 2 N–H and O–H groups in total. The van der Waals surface area contributed by atoms with Gasteiger partial charge in [-0.25, -0.2) is 0 Å². The molecule has 3 nitrogen and oxygen atoms in total. The van der Waals surface area contributed by atoms with Gasteiger partial charge in [-0.15, -0.1) is 0 Å². The van der Waals surface area contributed by atoms with Crippen LogP contribution in [0.4, 0.5) is 0 Å². The first-order valence-corrected chi connectivity index (χ1v) is 6.84. The molecule has 2 rings (SSSR count). The van der Waals surface area contributed by atoms with Crippen LogP contribution in [0, 0.1) is 0 Å². The van der Waals surface area contributed by atoms with Gasteiger partial charge in [-0.1, -0.05) is 6.42 Å². The molecule has 1 saturated heterocycles. The Kier molecular flexibility index (Phi) is 5.08. The monoisotopic (exact) mass is 236 g/mol. The second-order valence-electron chi connectivity index (χ2n) is 5.07. The Bertz CT molecular complexity index is 291. The predicted molar refractivity (Wildman–Crippen MR) is 70.1 cm³/mol. The summed E-state index contributed by atoms with van der Waals surface area (Å²) < 4.78 is 5.34. The molecular weight excluding hydrogens is 212 g/mol. The van der Waals surface area contributed by atoms with Gasteiger partial charge >= 0.3 is 0 Å². The summed E-state index contributed by atoms with van der Waals surface area (Å²) in [4.78, 5) is 0. The molecular formula is C14H24N2O. The van der Waals surface area contributed by atoms with Gasteiger partial charge in [0.25, 0.3) is 0 Å². The molecule has 0 aliphatic carbocycles. The van der Waals surface area contributed by atoms with Crippen LogP contribution < -0.4 is 10.6 Å². The van der Waals surface area contributed by atoms with Gasteiger partial charge in [-0.2, -0.15) is 0 Å². The Hall–Kier alpha value is -0.800. The maximum absolute atomic E-state index is 5.34. The average molecular weight is 236 g/mol. The molecule has 0 saturated carbocycles. The van der Waals surface area contributed by atoms with Gasteiger partial charge in [-0.3, -0.25) is 0 Å². The van der Waals surface area contributed by atoms with Gasteiger partial charge in [0.1, 0.15) is 5.76 Å². The van der Waals surface area contributed by atoms with Crippen LogP contribution in [0.25, 0.3) is 0 Å². The molecule has 1 aromatic rings. The summed E-state index contributed by atoms with van der Waals surface area (Å²) in [6.07, 6.45) is 7.95. The SMILES string of the molecule is CC(CCc1ccco1)NCC1CCCCN1. The molecule has 96 valence electrons. The van der Waals surface area contributed by atoms with Crippen molar-refractivity contribution >= 4 is 0 Å². The number of hydrogen-bond donors (Lipinski definition) is 2. The van der Waals surface area contributed by atoms with Gasteiger partial charge in [0, 0.05) is 25.0 Å². The largest absolute Gasteiger partial charge is 0.469 e. The fraction of sp³-hybridized carbons (Fsp3) is 0.714. The predicted octanol–water partition coefficient (Wildman–Crippen LogP) is 2.33. The number of rotatable bonds is 6. The summed E-state index contributed by atoms with van der Waals surface area (Å²) >= 11 is 0. The highest BCUT2D eigenvalue weighted by Crippen LogP contribution is 2.08. The Labute approximate surface area is 104 Å². The molecule has 1 aliphatic rings. The van der Waals surface area contributed by atoms with Crippen molar-refractivity contribution in [3.8, 4) is 0 Å². The summed E-state index contributed by atoms with van der Waals surface area (Å²) in [7, 11) is 0. The molecule has 17 heavy (non-hydrogen) atoms. The first-order valence-electron chi connectivity index (χ1n) is 6.84. The molecule has 1 fully saturated rings. The molecule has 2 heterocycles. The van der Waals surface area contributed by atoms with E-state index in [1.54, 1.807) is 6.26 Å². The molecule has 0 radical (unpaired) electrons. The molecule has 1 aliphatic heterocycles. The molecule has 3 heteroatoms. The minimum atomic E-state index is 0.559. The maximum Gasteiger partial charge on any atom is 0.103 e. The van der Waals surface area contributed by atoms with E-state index in [0.717, 1.165) is 25.1 Å². The zero-order chi connectivity index (χ0) is 11.9. The van der Waals surface area contributed by atoms with Crippen LogP contribution in [0.15, 0.2) is 22.8 Å². The lowest BCUT2D eigenvalue weighted by Crippen LogP contribution is -2.44. The topological polar surface area (TPSA) is 37.2 Å². The molecule has 2 unspecified atom stereocenters. The molecule has 1 aromatic heterocycles.